The highest BCUT2D eigenvalue weighted by Gasteiger charge is 2.21. The summed E-state index contributed by atoms with van der Waals surface area (Å²) in [7, 11) is 1.64. The summed E-state index contributed by atoms with van der Waals surface area (Å²) in [5, 5.41) is 0.833. The lowest BCUT2D eigenvalue weighted by atomic mass is 9.97. The number of methoxy groups -OCH3 is 1. The van der Waals surface area contributed by atoms with Gasteiger partial charge in [0.1, 0.15) is 28.8 Å². The molecule has 6 heteroatoms. The van der Waals surface area contributed by atoms with Crippen LogP contribution in [0, 0.1) is 6.92 Å². The molecule has 0 saturated heterocycles. The first-order chi connectivity index (χ1) is 12.7. The molecule has 0 fully saturated rings. The van der Waals surface area contributed by atoms with Crippen LogP contribution in [0.4, 0.5) is 0 Å². The van der Waals surface area contributed by atoms with E-state index in [1.807, 2.05) is 31.2 Å². The van der Waals surface area contributed by atoms with Crippen molar-refractivity contribution < 1.29 is 9.47 Å². The maximum absolute atomic E-state index is 13.1. The monoisotopic (exact) mass is 370 g/mol. The van der Waals surface area contributed by atoms with Crippen LogP contribution in [0.15, 0.2) is 29.1 Å². The minimum absolute atomic E-state index is 0.0743. The molecular formula is C20H22N2O3S. The fourth-order valence-electron chi connectivity index (χ4n) is 3.53. The first-order valence-corrected chi connectivity index (χ1v) is 9.77. The fraction of sp³-hybridized carbons (Fsp3) is 0.400. The van der Waals surface area contributed by atoms with E-state index >= 15 is 0 Å². The number of ether oxygens (including phenoxy) is 2. The van der Waals surface area contributed by atoms with Gasteiger partial charge >= 0.3 is 0 Å². The Labute approximate surface area is 156 Å². The van der Waals surface area contributed by atoms with Gasteiger partial charge in [0.2, 0.25) is 0 Å². The molecule has 1 aromatic carbocycles. The topological polar surface area (TPSA) is 53.4 Å². The smallest absolute Gasteiger partial charge is 0.262 e. The first-order valence-electron chi connectivity index (χ1n) is 8.96. The third-order valence-electron chi connectivity index (χ3n) is 4.91. The molecule has 0 unspecified atom stereocenters. The third-order valence-corrected chi connectivity index (χ3v) is 6.09. The molecule has 2 aromatic heterocycles. The van der Waals surface area contributed by atoms with Crippen LogP contribution in [0.3, 0.4) is 0 Å². The lowest BCUT2D eigenvalue weighted by Crippen LogP contribution is -2.26. The first kappa shape index (κ1) is 17.1. The van der Waals surface area contributed by atoms with Crippen LogP contribution in [-0.4, -0.2) is 23.3 Å². The number of hydrogen-bond acceptors (Lipinski definition) is 5. The minimum Gasteiger partial charge on any atom is -0.497 e. The van der Waals surface area contributed by atoms with Gasteiger partial charge in [0.15, 0.2) is 0 Å². The summed E-state index contributed by atoms with van der Waals surface area (Å²) in [6.45, 7) is 2.81. The van der Waals surface area contributed by atoms with Crippen LogP contribution in [0.2, 0.25) is 0 Å². The zero-order chi connectivity index (χ0) is 18.1. The maximum Gasteiger partial charge on any atom is 0.262 e. The average molecular weight is 370 g/mol. The Hall–Kier alpha value is -2.34. The normalized spacial score (nSPS) is 13.6. The van der Waals surface area contributed by atoms with Crippen LogP contribution in [-0.2, 0) is 19.4 Å². The number of nitrogens with zero attached hydrogens (tertiary/aromatic N) is 2. The summed E-state index contributed by atoms with van der Waals surface area (Å²) in [6.07, 6.45) is 4.45. The van der Waals surface area contributed by atoms with E-state index in [0.29, 0.717) is 13.2 Å². The van der Waals surface area contributed by atoms with E-state index in [9.17, 15) is 4.79 Å². The molecule has 0 saturated carbocycles. The van der Waals surface area contributed by atoms with E-state index in [4.69, 9.17) is 14.5 Å². The molecule has 26 heavy (non-hydrogen) atoms. The van der Waals surface area contributed by atoms with E-state index in [1.54, 1.807) is 23.0 Å². The molecule has 5 nitrogen and oxygen atoms in total. The quantitative estimate of drug-likeness (QED) is 0.687. The Balaban J connectivity index is 1.56. The minimum atomic E-state index is 0.0743. The van der Waals surface area contributed by atoms with Crippen LogP contribution in [0.1, 0.15) is 29.1 Å². The number of aryl methyl sites for hydroxylation is 3. The molecule has 0 atom stereocenters. The van der Waals surface area contributed by atoms with Crippen molar-refractivity contribution in [3.05, 3.63) is 50.9 Å². The van der Waals surface area contributed by atoms with Crippen molar-refractivity contribution in [2.24, 2.45) is 0 Å². The lowest BCUT2D eigenvalue weighted by molar-refractivity contribution is 0.294. The van der Waals surface area contributed by atoms with Crippen LogP contribution < -0.4 is 15.0 Å². The van der Waals surface area contributed by atoms with Crippen LogP contribution in [0.25, 0.3) is 10.2 Å². The van der Waals surface area contributed by atoms with Gasteiger partial charge in [0.25, 0.3) is 5.56 Å². The Morgan fingerprint density at radius 2 is 1.88 bits per heavy atom. The summed E-state index contributed by atoms with van der Waals surface area (Å²) >= 11 is 1.69. The van der Waals surface area contributed by atoms with Gasteiger partial charge in [-0.15, -0.1) is 11.3 Å². The van der Waals surface area contributed by atoms with Crippen molar-refractivity contribution >= 4 is 21.6 Å². The number of hydrogen-bond donors (Lipinski definition) is 0. The molecule has 0 spiro atoms. The number of aromatic nitrogens is 2. The summed E-state index contributed by atoms with van der Waals surface area (Å²) in [4.78, 5) is 20.0. The zero-order valence-electron chi connectivity index (χ0n) is 15.1. The number of benzene rings is 1. The Bertz CT molecular complexity index is 989. The number of fused-ring (bicyclic) bond motifs is 3. The number of rotatable bonds is 5. The second-order valence-corrected chi connectivity index (χ2v) is 7.61. The van der Waals surface area contributed by atoms with Gasteiger partial charge in [-0.1, -0.05) is 0 Å². The largest absolute Gasteiger partial charge is 0.497 e. The molecule has 0 amide bonds. The van der Waals surface area contributed by atoms with Gasteiger partial charge in [-0.3, -0.25) is 9.36 Å². The van der Waals surface area contributed by atoms with E-state index in [0.717, 1.165) is 46.8 Å². The maximum atomic E-state index is 13.1. The van der Waals surface area contributed by atoms with E-state index in [2.05, 4.69) is 0 Å². The lowest BCUT2D eigenvalue weighted by Gasteiger charge is -2.13. The standard InChI is InChI=1S/C20H22N2O3S/c1-13-21-19-18(16-5-3-4-6-17(16)26-19)20(23)22(13)11-12-25-15-9-7-14(24-2)8-10-15/h7-10H,3-6,11-12H2,1-2H3. The molecule has 1 aliphatic rings. The zero-order valence-corrected chi connectivity index (χ0v) is 15.9. The summed E-state index contributed by atoms with van der Waals surface area (Å²) in [5.74, 6) is 2.30. The number of thiophene rings is 1. The second kappa shape index (κ2) is 7.11. The van der Waals surface area contributed by atoms with E-state index in [1.165, 1.54) is 16.9 Å². The van der Waals surface area contributed by atoms with E-state index in [-0.39, 0.29) is 5.56 Å². The van der Waals surface area contributed by atoms with Crippen molar-refractivity contribution in [2.45, 2.75) is 39.2 Å². The van der Waals surface area contributed by atoms with Crippen molar-refractivity contribution in [3.8, 4) is 11.5 Å². The van der Waals surface area contributed by atoms with Crippen molar-refractivity contribution in [2.75, 3.05) is 13.7 Å². The van der Waals surface area contributed by atoms with Gasteiger partial charge < -0.3 is 9.47 Å². The fourth-order valence-corrected chi connectivity index (χ4v) is 4.83. The molecule has 136 valence electrons. The Morgan fingerprint density at radius 1 is 1.15 bits per heavy atom. The molecule has 0 bridgehead atoms. The van der Waals surface area contributed by atoms with Crippen molar-refractivity contribution in [1.29, 1.82) is 0 Å². The second-order valence-electron chi connectivity index (χ2n) is 6.53. The Morgan fingerprint density at radius 3 is 2.65 bits per heavy atom. The predicted octanol–water partition coefficient (Wildman–Crippen LogP) is 3.73. The van der Waals surface area contributed by atoms with Gasteiger partial charge in [-0.25, -0.2) is 4.98 Å². The molecule has 0 N–H and O–H groups in total. The van der Waals surface area contributed by atoms with Gasteiger partial charge in [0, 0.05) is 4.88 Å². The molecule has 1 aliphatic carbocycles. The van der Waals surface area contributed by atoms with Crippen molar-refractivity contribution in [1.82, 2.24) is 9.55 Å². The highest BCUT2D eigenvalue weighted by atomic mass is 32.1. The van der Waals surface area contributed by atoms with Gasteiger partial charge in [-0.05, 0) is 62.4 Å². The van der Waals surface area contributed by atoms with Gasteiger partial charge in [0.05, 0.1) is 19.0 Å². The highest BCUT2D eigenvalue weighted by molar-refractivity contribution is 7.18. The molecule has 3 aromatic rings. The molecule has 0 aliphatic heterocycles. The molecule has 4 rings (SSSR count). The Kier molecular flexibility index (Phi) is 4.68. The predicted molar refractivity (Wildman–Crippen MR) is 104 cm³/mol. The molecular weight excluding hydrogens is 348 g/mol. The SMILES string of the molecule is COc1ccc(OCCn2c(C)nc3sc4c(c3c2=O)CCCC4)cc1. The van der Waals surface area contributed by atoms with Crippen LogP contribution >= 0.6 is 11.3 Å². The summed E-state index contributed by atoms with van der Waals surface area (Å²) < 4.78 is 12.7. The molecule has 0 radical (unpaired) electrons. The average Bonchev–Trinajstić information content (AvgIpc) is 3.03. The van der Waals surface area contributed by atoms with Crippen molar-refractivity contribution in [3.63, 3.8) is 0 Å². The third kappa shape index (κ3) is 3.09. The van der Waals surface area contributed by atoms with Crippen LogP contribution in [0.5, 0.6) is 11.5 Å². The summed E-state index contributed by atoms with van der Waals surface area (Å²) in [5.41, 5.74) is 1.31. The highest BCUT2D eigenvalue weighted by Crippen LogP contribution is 2.33. The molecule has 2 heterocycles. The van der Waals surface area contributed by atoms with Gasteiger partial charge in [-0.2, -0.15) is 0 Å². The summed E-state index contributed by atoms with van der Waals surface area (Å²) in [6, 6.07) is 7.45. The van der Waals surface area contributed by atoms with E-state index < -0.39 is 0 Å².